The molecular weight excluding hydrogens is 359 g/mol. The van der Waals surface area contributed by atoms with E-state index in [9.17, 15) is 4.79 Å². The highest BCUT2D eigenvalue weighted by molar-refractivity contribution is 14.2. The molecule has 3 rings (SSSR count). The van der Waals surface area contributed by atoms with Crippen molar-refractivity contribution in [2.75, 3.05) is 23.8 Å². The number of aromatic nitrogens is 2. The van der Waals surface area contributed by atoms with E-state index in [1.165, 1.54) is 12.4 Å². The topological polar surface area (TPSA) is 87.7 Å². The number of carbonyl (C=O) groups is 1. The van der Waals surface area contributed by atoms with Gasteiger partial charge in [-0.2, -0.15) is 0 Å². The minimum absolute atomic E-state index is 0.0289. The molecule has 8 heteroatoms. The zero-order valence-corrected chi connectivity index (χ0v) is 12.3. The van der Waals surface area contributed by atoms with Gasteiger partial charge >= 0.3 is 0 Å². The van der Waals surface area contributed by atoms with Crippen molar-refractivity contribution in [3.63, 3.8) is 0 Å². The lowest BCUT2D eigenvalue weighted by Gasteiger charge is -2.21. The van der Waals surface area contributed by atoms with Crippen LogP contribution in [0.1, 0.15) is 6.42 Å². The van der Waals surface area contributed by atoms with Crippen molar-refractivity contribution >= 4 is 38.6 Å². The van der Waals surface area contributed by atoms with Crippen LogP contribution in [-0.4, -0.2) is 39.9 Å². The third-order valence-corrected chi connectivity index (χ3v) is 5.41. The van der Waals surface area contributed by atoms with Crippen LogP contribution in [0.25, 0.3) is 0 Å². The number of nitrogen functional groups attached to an aromatic ring is 1. The summed E-state index contributed by atoms with van der Waals surface area (Å²) in [6.45, 7) is 4.90. The SMILES string of the molecule is C=CC(=O)N1CC[C@H](N2N=Ic3c(N)ncnc32)C1. The predicted octanol–water partition coefficient (Wildman–Crippen LogP) is 0.905. The molecule has 2 N–H and O–H groups in total. The number of rotatable bonds is 2. The number of hydrogen-bond acceptors (Lipinski definition) is 6. The molecule has 0 aromatic carbocycles. The maximum absolute atomic E-state index is 11.6. The van der Waals surface area contributed by atoms with Gasteiger partial charge in [-0.05, 0) is 12.5 Å². The van der Waals surface area contributed by atoms with Crippen LogP contribution in [0.15, 0.2) is 22.2 Å². The number of nitrogens with two attached hydrogens (primary N) is 1. The van der Waals surface area contributed by atoms with Crippen LogP contribution in [0.2, 0.25) is 0 Å². The molecule has 1 aromatic rings. The van der Waals surface area contributed by atoms with Crippen molar-refractivity contribution < 1.29 is 4.79 Å². The minimum atomic E-state index is -0.514. The highest BCUT2D eigenvalue weighted by Gasteiger charge is 2.34. The van der Waals surface area contributed by atoms with E-state index >= 15 is 0 Å². The van der Waals surface area contributed by atoms with Crippen LogP contribution in [0.4, 0.5) is 11.6 Å². The van der Waals surface area contributed by atoms with Gasteiger partial charge in [-0.15, -0.1) is 3.25 Å². The average Bonchev–Trinajstić information content (AvgIpc) is 3.04. The summed E-state index contributed by atoms with van der Waals surface area (Å²) >= 11 is -0.514. The number of carbonyl (C=O) groups excluding carboxylic acids is 1. The summed E-state index contributed by atoms with van der Waals surface area (Å²) in [5.41, 5.74) is 5.84. The van der Waals surface area contributed by atoms with Crippen LogP contribution in [0.3, 0.4) is 0 Å². The summed E-state index contributed by atoms with van der Waals surface area (Å²) in [4.78, 5) is 21.7. The standard InChI is InChI=1S/C11H13IN6O/c1-2-8(19)17-4-3-7(5-17)18-11-9(12-16-18)10(13)14-6-15-11/h2,6-7H,1,3-5H2,(H2,13,14,15)/t7-/m0/s1. The Hall–Kier alpha value is -1.58. The molecule has 0 radical (unpaired) electrons. The molecule has 1 amide bonds. The number of amides is 1. The van der Waals surface area contributed by atoms with E-state index in [4.69, 9.17) is 5.73 Å². The van der Waals surface area contributed by atoms with Gasteiger partial charge in [0.05, 0.1) is 27.1 Å². The van der Waals surface area contributed by atoms with Crippen molar-refractivity contribution in [3.8, 4) is 0 Å². The van der Waals surface area contributed by atoms with Gasteiger partial charge < -0.3 is 10.6 Å². The number of fused-ring (bicyclic) bond motifs is 1. The Bertz CT molecular complexity index is 574. The molecule has 2 aliphatic heterocycles. The predicted molar refractivity (Wildman–Crippen MR) is 79.3 cm³/mol. The number of halogens is 1. The zero-order valence-electron chi connectivity index (χ0n) is 10.2. The van der Waals surface area contributed by atoms with E-state index < -0.39 is 21.0 Å². The highest BCUT2D eigenvalue weighted by Crippen LogP contribution is 2.38. The second-order valence-corrected chi connectivity index (χ2v) is 6.32. The summed E-state index contributed by atoms with van der Waals surface area (Å²) in [5.74, 6) is 1.32. The van der Waals surface area contributed by atoms with Crippen LogP contribution >= 0.6 is 21.0 Å². The lowest BCUT2D eigenvalue weighted by Crippen LogP contribution is -2.35. The first-order valence-electron chi connectivity index (χ1n) is 5.87. The molecule has 0 saturated carbocycles. The normalized spacial score (nSPS) is 21.2. The molecule has 100 valence electrons. The Morgan fingerprint density at radius 3 is 3.21 bits per heavy atom. The van der Waals surface area contributed by atoms with Crippen molar-refractivity contribution in [3.05, 3.63) is 22.6 Å². The first-order valence-corrected chi connectivity index (χ1v) is 7.91. The van der Waals surface area contributed by atoms with Gasteiger partial charge in [0.15, 0.2) is 5.82 Å². The lowest BCUT2D eigenvalue weighted by molar-refractivity contribution is -0.125. The molecule has 1 saturated heterocycles. The Balaban J connectivity index is 1.81. The number of likely N-dealkylation sites (tertiary alicyclic amines) is 1. The lowest BCUT2D eigenvalue weighted by atomic mass is 10.2. The van der Waals surface area contributed by atoms with Crippen LogP contribution < -0.4 is 10.7 Å². The quantitative estimate of drug-likeness (QED) is 0.616. The van der Waals surface area contributed by atoms with Gasteiger partial charge in [-0.3, -0.25) is 4.79 Å². The van der Waals surface area contributed by atoms with Crippen LogP contribution in [0, 0.1) is 3.57 Å². The van der Waals surface area contributed by atoms with E-state index in [1.807, 2.05) is 5.01 Å². The molecule has 1 atom stereocenters. The third-order valence-electron chi connectivity index (χ3n) is 3.21. The molecule has 19 heavy (non-hydrogen) atoms. The molecule has 7 nitrogen and oxygen atoms in total. The van der Waals surface area contributed by atoms with Gasteiger partial charge in [-0.1, -0.05) is 6.58 Å². The highest BCUT2D eigenvalue weighted by atomic mass is 127. The molecule has 1 aromatic heterocycles. The summed E-state index contributed by atoms with van der Waals surface area (Å²) in [6.07, 6.45) is 3.70. The Kier molecular flexibility index (Phi) is 3.17. The smallest absolute Gasteiger partial charge is 0.246 e. The third kappa shape index (κ3) is 2.09. The van der Waals surface area contributed by atoms with Crippen LogP contribution in [-0.2, 0) is 4.79 Å². The number of nitrogens with zero attached hydrogens (tertiary/aromatic N) is 5. The Morgan fingerprint density at radius 1 is 1.58 bits per heavy atom. The summed E-state index contributed by atoms with van der Waals surface area (Å²) in [5, 5.41) is 1.93. The van der Waals surface area contributed by atoms with Gasteiger partial charge in [-0.25, -0.2) is 15.0 Å². The molecule has 0 bridgehead atoms. The van der Waals surface area contributed by atoms with E-state index in [-0.39, 0.29) is 11.9 Å². The van der Waals surface area contributed by atoms with E-state index in [0.29, 0.717) is 12.4 Å². The van der Waals surface area contributed by atoms with Gasteiger partial charge in [0.25, 0.3) is 0 Å². The van der Waals surface area contributed by atoms with Gasteiger partial charge in [0, 0.05) is 13.1 Å². The Labute approximate surface area is 120 Å². The van der Waals surface area contributed by atoms with Gasteiger partial charge in [0.2, 0.25) is 5.91 Å². The zero-order chi connectivity index (χ0) is 13.4. The monoisotopic (exact) mass is 372 g/mol. The maximum Gasteiger partial charge on any atom is 0.246 e. The van der Waals surface area contributed by atoms with E-state index in [0.717, 1.165) is 22.4 Å². The van der Waals surface area contributed by atoms with Crippen molar-refractivity contribution in [2.45, 2.75) is 12.5 Å². The summed E-state index contributed by atoms with van der Waals surface area (Å²) < 4.78 is 5.54. The largest absolute Gasteiger partial charge is 0.383 e. The fourth-order valence-corrected chi connectivity index (χ4v) is 4.23. The number of anilines is 2. The average molecular weight is 372 g/mol. The summed E-state index contributed by atoms with van der Waals surface area (Å²) in [6, 6.07) is 0.180. The molecule has 1 fully saturated rings. The maximum atomic E-state index is 11.6. The molecule has 0 aliphatic carbocycles. The van der Waals surface area contributed by atoms with E-state index in [1.54, 1.807) is 4.90 Å². The number of hydrogen-bond donors (Lipinski definition) is 1. The van der Waals surface area contributed by atoms with Crippen molar-refractivity contribution in [1.29, 1.82) is 0 Å². The van der Waals surface area contributed by atoms with E-state index in [2.05, 4.69) is 19.8 Å². The first-order chi connectivity index (χ1) is 9.20. The molecular formula is C11H13IN6O. The van der Waals surface area contributed by atoms with Crippen molar-refractivity contribution in [1.82, 2.24) is 14.9 Å². The fourth-order valence-electron chi connectivity index (χ4n) is 2.23. The minimum Gasteiger partial charge on any atom is -0.383 e. The second kappa shape index (κ2) is 4.83. The fraction of sp³-hybridized carbons (Fsp3) is 0.364. The molecule has 3 heterocycles. The Morgan fingerprint density at radius 2 is 2.42 bits per heavy atom. The molecule has 0 spiro atoms. The second-order valence-electron chi connectivity index (χ2n) is 4.33. The van der Waals surface area contributed by atoms with Gasteiger partial charge in [0.1, 0.15) is 15.7 Å². The van der Waals surface area contributed by atoms with Crippen molar-refractivity contribution in [2.24, 2.45) is 3.25 Å². The summed E-state index contributed by atoms with van der Waals surface area (Å²) in [7, 11) is 0. The van der Waals surface area contributed by atoms with Crippen LogP contribution in [0.5, 0.6) is 0 Å². The molecule has 2 aliphatic rings. The molecule has 0 unspecified atom stereocenters. The first kappa shape index (κ1) is 12.5.